The highest BCUT2D eigenvalue weighted by molar-refractivity contribution is 5.25. The number of benzene rings is 1. The molecule has 0 spiro atoms. The molecule has 0 aliphatic heterocycles. The average molecular weight is 166 g/mol. The van der Waals surface area contributed by atoms with Gasteiger partial charge in [-0.2, -0.15) is 5.26 Å². The lowest BCUT2D eigenvalue weighted by atomic mass is 10.1. The van der Waals surface area contributed by atoms with Crippen molar-refractivity contribution in [1.82, 2.24) is 0 Å². The fraction of sp³-hybridized carbons (Fsp3) is 0.111. The lowest BCUT2D eigenvalue weighted by molar-refractivity contribution is 0.581. The van der Waals surface area contributed by atoms with Gasteiger partial charge in [0.15, 0.2) is 0 Å². The molecule has 0 aromatic heterocycles. The topological polar surface area (TPSA) is 23.8 Å². The van der Waals surface area contributed by atoms with Crippen LogP contribution in [0.3, 0.4) is 0 Å². The van der Waals surface area contributed by atoms with Gasteiger partial charge in [0.05, 0.1) is 6.07 Å². The van der Waals surface area contributed by atoms with Crippen molar-refractivity contribution < 1.29 is 8.78 Å². The summed E-state index contributed by atoms with van der Waals surface area (Å²) in [5.74, 6) is -1.25. The summed E-state index contributed by atoms with van der Waals surface area (Å²) < 4.78 is 25.0. The molecule has 0 atom stereocenters. The van der Waals surface area contributed by atoms with E-state index in [0.717, 1.165) is 6.07 Å². The standard InChI is InChI=1S/C9H6F2N/c10-8-4-7(2-1-3-12)5-9(11)6-8/h2,4-6H,1H2. The summed E-state index contributed by atoms with van der Waals surface area (Å²) >= 11 is 0. The van der Waals surface area contributed by atoms with Gasteiger partial charge in [0.25, 0.3) is 0 Å². The van der Waals surface area contributed by atoms with E-state index in [1.165, 1.54) is 18.6 Å². The van der Waals surface area contributed by atoms with Crippen LogP contribution in [0.5, 0.6) is 0 Å². The second kappa shape index (κ2) is 3.82. The minimum atomic E-state index is -0.626. The number of hydrogen-bond acceptors (Lipinski definition) is 1. The zero-order chi connectivity index (χ0) is 8.97. The lowest BCUT2D eigenvalue weighted by Gasteiger charge is -1.96. The third-order valence-electron chi connectivity index (χ3n) is 1.31. The van der Waals surface area contributed by atoms with Gasteiger partial charge in [0, 0.05) is 18.9 Å². The van der Waals surface area contributed by atoms with Gasteiger partial charge in [-0.15, -0.1) is 0 Å². The first kappa shape index (κ1) is 8.66. The van der Waals surface area contributed by atoms with Gasteiger partial charge in [-0.1, -0.05) is 0 Å². The molecule has 1 radical (unpaired) electrons. The number of halogens is 2. The molecule has 3 heteroatoms. The molecule has 0 saturated heterocycles. The van der Waals surface area contributed by atoms with E-state index >= 15 is 0 Å². The van der Waals surface area contributed by atoms with Gasteiger partial charge in [-0.3, -0.25) is 0 Å². The van der Waals surface area contributed by atoms with Crippen LogP contribution in [0.15, 0.2) is 18.2 Å². The average Bonchev–Trinajstić information content (AvgIpc) is 1.99. The second-order valence-electron chi connectivity index (χ2n) is 2.27. The van der Waals surface area contributed by atoms with Crippen LogP contribution in [0.1, 0.15) is 12.0 Å². The predicted molar refractivity (Wildman–Crippen MR) is 40.0 cm³/mol. The van der Waals surface area contributed by atoms with Crippen LogP contribution in [0.2, 0.25) is 0 Å². The molecule has 0 amide bonds. The Morgan fingerprint density at radius 2 is 1.83 bits per heavy atom. The molecule has 1 aromatic rings. The molecule has 0 bridgehead atoms. The molecule has 0 N–H and O–H groups in total. The van der Waals surface area contributed by atoms with Crippen molar-refractivity contribution in [2.45, 2.75) is 6.42 Å². The Bertz CT molecular complexity index is 295. The van der Waals surface area contributed by atoms with Crippen LogP contribution in [0.25, 0.3) is 0 Å². The van der Waals surface area contributed by atoms with Crippen molar-refractivity contribution in [3.63, 3.8) is 0 Å². The lowest BCUT2D eigenvalue weighted by Crippen LogP contribution is -1.86. The van der Waals surface area contributed by atoms with Crippen molar-refractivity contribution in [2.75, 3.05) is 0 Å². The first-order chi connectivity index (χ1) is 5.72. The molecule has 0 heterocycles. The fourth-order valence-corrected chi connectivity index (χ4v) is 0.857. The van der Waals surface area contributed by atoms with E-state index in [2.05, 4.69) is 0 Å². The van der Waals surface area contributed by atoms with Crippen molar-refractivity contribution in [3.8, 4) is 6.07 Å². The number of rotatable bonds is 2. The number of nitriles is 1. The largest absolute Gasteiger partial charge is 0.207 e. The van der Waals surface area contributed by atoms with Crippen LogP contribution in [-0.4, -0.2) is 0 Å². The van der Waals surface area contributed by atoms with E-state index in [9.17, 15) is 8.78 Å². The van der Waals surface area contributed by atoms with Gasteiger partial charge in [-0.25, -0.2) is 8.78 Å². The Morgan fingerprint density at radius 1 is 1.25 bits per heavy atom. The van der Waals surface area contributed by atoms with Gasteiger partial charge >= 0.3 is 0 Å². The number of nitrogens with zero attached hydrogens (tertiary/aromatic N) is 1. The van der Waals surface area contributed by atoms with Gasteiger partial charge in [0.2, 0.25) is 0 Å². The van der Waals surface area contributed by atoms with Crippen LogP contribution in [0.4, 0.5) is 8.78 Å². The maximum atomic E-state index is 12.5. The SMILES string of the molecule is N#CC[CH]c1cc(F)cc(F)c1. The van der Waals surface area contributed by atoms with E-state index in [4.69, 9.17) is 5.26 Å². The molecule has 61 valence electrons. The fourth-order valence-electron chi connectivity index (χ4n) is 0.857. The molecule has 0 unspecified atom stereocenters. The minimum absolute atomic E-state index is 0.156. The van der Waals surface area contributed by atoms with E-state index in [-0.39, 0.29) is 6.42 Å². The van der Waals surface area contributed by atoms with Gasteiger partial charge in [0.1, 0.15) is 11.6 Å². The van der Waals surface area contributed by atoms with Crippen molar-refractivity contribution >= 4 is 0 Å². The van der Waals surface area contributed by atoms with Crippen molar-refractivity contribution in [1.29, 1.82) is 5.26 Å². The van der Waals surface area contributed by atoms with Gasteiger partial charge in [-0.05, 0) is 17.7 Å². The van der Waals surface area contributed by atoms with Crippen molar-refractivity contribution in [2.24, 2.45) is 0 Å². The molecule has 12 heavy (non-hydrogen) atoms. The highest BCUT2D eigenvalue weighted by Crippen LogP contribution is 2.10. The van der Waals surface area contributed by atoms with E-state index in [1.807, 2.05) is 6.07 Å². The Balaban J connectivity index is 2.80. The quantitative estimate of drug-likeness (QED) is 0.661. The maximum Gasteiger partial charge on any atom is 0.126 e. The van der Waals surface area contributed by atoms with E-state index in [0.29, 0.717) is 5.56 Å². The zero-order valence-corrected chi connectivity index (χ0v) is 6.22. The minimum Gasteiger partial charge on any atom is -0.207 e. The normalized spacial score (nSPS) is 9.42. The molecular formula is C9H6F2N. The van der Waals surface area contributed by atoms with Crippen LogP contribution >= 0.6 is 0 Å². The molecule has 1 rings (SSSR count). The van der Waals surface area contributed by atoms with Crippen LogP contribution in [0, 0.1) is 29.4 Å². The summed E-state index contributed by atoms with van der Waals surface area (Å²) in [6.07, 6.45) is 1.62. The van der Waals surface area contributed by atoms with E-state index in [1.54, 1.807) is 0 Å². The third-order valence-corrected chi connectivity index (χ3v) is 1.31. The second-order valence-corrected chi connectivity index (χ2v) is 2.27. The predicted octanol–water partition coefficient (Wildman–Crippen LogP) is 2.43. The summed E-state index contributed by atoms with van der Waals surface area (Å²) in [5, 5.41) is 8.20. The van der Waals surface area contributed by atoms with Crippen LogP contribution in [-0.2, 0) is 0 Å². The molecule has 0 saturated carbocycles. The monoisotopic (exact) mass is 166 g/mol. The van der Waals surface area contributed by atoms with Crippen LogP contribution < -0.4 is 0 Å². The molecule has 0 aliphatic carbocycles. The number of hydrogen-bond donors (Lipinski definition) is 0. The summed E-state index contributed by atoms with van der Waals surface area (Å²) in [7, 11) is 0. The van der Waals surface area contributed by atoms with E-state index < -0.39 is 11.6 Å². The molecule has 1 aromatic carbocycles. The zero-order valence-electron chi connectivity index (χ0n) is 6.22. The highest BCUT2D eigenvalue weighted by Gasteiger charge is 1.99. The summed E-state index contributed by atoms with van der Waals surface area (Å²) in [4.78, 5) is 0. The van der Waals surface area contributed by atoms with Gasteiger partial charge < -0.3 is 0 Å². The summed E-state index contributed by atoms with van der Waals surface area (Å²) in [5.41, 5.74) is 0.397. The highest BCUT2D eigenvalue weighted by atomic mass is 19.1. The Morgan fingerprint density at radius 3 is 2.33 bits per heavy atom. The molecule has 1 nitrogen and oxygen atoms in total. The summed E-state index contributed by atoms with van der Waals surface area (Å²) in [6.45, 7) is 0. The maximum absolute atomic E-state index is 12.5. The first-order valence-electron chi connectivity index (χ1n) is 3.38. The molecular weight excluding hydrogens is 160 g/mol. The molecule has 0 fully saturated rings. The Hall–Kier alpha value is -1.43. The Kier molecular flexibility index (Phi) is 2.76. The smallest absolute Gasteiger partial charge is 0.126 e. The molecule has 0 aliphatic rings. The Labute approximate surface area is 69.2 Å². The third kappa shape index (κ3) is 2.31. The first-order valence-corrected chi connectivity index (χ1v) is 3.38. The summed E-state index contributed by atoms with van der Waals surface area (Å²) in [6, 6.07) is 5.01. The van der Waals surface area contributed by atoms with Crippen molar-refractivity contribution in [3.05, 3.63) is 41.8 Å².